The fourth-order valence-corrected chi connectivity index (χ4v) is 4.94. The first-order chi connectivity index (χ1) is 18.2. The Kier molecular flexibility index (Phi) is 5.26. The lowest BCUT2D eigenvalue weighted by Gasteiger charge is -2.29. The molecular weight excluding hydrogens is 500 g/mol. The van der Waals surface area contributed by atoms with Gasteiger partial charge in [0.2, 0.25) is 0 Å². The van der Waals surface area contributed by atoms with E-state index in [1.54, 1.807) is 7.05 Å². The molecule has 13 heteroatoms. The van der Waals surface area contributed by atoms with Crippen LogP contribution in [0.4, 0.5) is 8.78 Å². The topological polar surface area (TPSA) is 148 Å². The monoisotopic (exact) mass is 521 g/mol. The SMILES string of the molecule is CN(C(=O)c1[nH]nc2c1CN(C(=O)c1cc3c(F)c(F)ccc3[nH]1)CC2)C1(c2ncc(C(=O)O)cn2)CC1. The lowest BCUT2D eigenvalue weighted by atomic mass is 10.0. The maximum absolute atomic E-state index is 14.2. The Morgan fingerprint density at radius 1 is 1.16 bits per heavy atom. The summed E-state index contributed by atoms with van der Waals surface area (Å²) in [6.07, 6.45) is 4.06. The zero-order valence-electron chi connectivity index (χ0n) is 20.1. The first-order valence-electron chi connectivity index (χ1n) is 11.9. The number of benzene rings is 1. The quantitative estimate of drug-likeness (QED) is 0.366. The molecule has 2 aliphatic rings. The number of amides is 2. The third-order valence-electron chi connectivity index (χ3n) is 7.33. The number of nitrogens with one attached hydrogen (secondary N) is 2. The van der Waals surface area contributed by atoms with Crippen LogP contribution in [0, 0.1) is 11.6 Å². The summed E-state index contributed by atoms with van der Waals surface area (Å²) in [4.78, 5) is 52.2. The predicted molar refractivity (Wildman–Crippen MR) is 127 cm³/mol. The number of hydrogen-bond donors (Lipinski definition) is 3. The van der Waals surface area contributed by atoms with Crippen LogP contribution in [0.3, 0.4) is 0 Å². The summed E-state index contributed by atoms with van der Waals surface area (Å²) in [6.45, 7) is 0.433. The molecule has 0 spiro atoms. The Morgan fingerprint density at radius 2 is 1.89 bits per heavy atom. The molecular formula is C25H21F2N7O4. The summed E-state index contributed by atoms with van der Waals surface area (Å²) in [5.74, 6) is -3.59. The maximum Gasteiger partial charge on any atom is 0.338 e. The van der Waals surface area contributed by atoms with Gasteiger partial charge in [0.05, 0.1) is 17.8 Å². The molecule has 3 aromatic heterocycles. The molecule has 6 rings (SSSR count). The molecule has 4 aromatic rings. The average Bonchev–Trinajstić information content (AvgIpc) is 3.44. The number of aromatic carboxylic acids is 1. The number of carbonyl (C=O) groups is 3. The van der Waals surface area contributed by atoms with Crippen molar-refractivity contribution in [3.8, 4) is 0 Å². The minimum atomic E-state index is -1.14. The third kappa shape index (κ3) is 3.61. The van der Waals surface area contributed by atoms with Crippen LogP contribution in [0.1, 0.15) is 61.3 Å². The van der Waals surface area contributed by atoms with Gasteiger partial charge in [-0.25, -0.2) is 23.5 Å². The van der Waals surface area contributed by atoms with Crippen LogP contribution in [-0.4, -0.2) is 71.4 Å². The highest BCUT2D eigenvalue weighted by Gasteiger charge is 2.53. The van der Waals surface area contributed by atoms with E-state index in [4.69, 9.17) is 5.11 Å². The molecule has 1 saturated carbocycles. The number of H-pyrrole nitrogens is 2. The van der Waals surface area contributed by atoms with Crippen LogP contribution < -0.4 is 0 Å². The Morgan fingerprint density at radius 3 is 2.58 bits per heavy atom. The van der Waals surface area contributed by atoms with Gasteiger partial charge in [-0.1, -0.05) is 0 Å². The van der Waals surface area contributed by atoms with Crippen molar-refractivity contribution >= 4 is 28.7 Å². The van der Waals surface area contributed by atoms with Crippen molar-refractivity contribution in [1.82, 2.24) is 34.9 Å². The Hall–Kier alpha value is -4.68. The van der Waals surface area contributed by atoms with Gasteiger partial charge in [-0.05, 0) is 31.0 Å². The third-order valence-corrected chi connectivity index (χ3v) is 7.33. The van der Waals surface area contributed by atoms with E-state index in [9.17, 15) is 23.2 Å². The zero-order chi connectivity index (χ0) is 26.8. The van der Waals surface area contributed by atoms with Gasteiger partial charge in [0.15, 0.2) is 17.5 Å². The number of carbonyl (C=O) groups excluding carboxylic acids is 2. The normalized spacial score (nSPS) is 15.8. The molecule has 0 bridgehead atoms. The number of carboxylic acid groups (broad SMARTS) is 1. The van der Waals surface area contributed by atoms with E-state index in [-0.39, 0.29) is 34.8 Å². The smallest absolute Gasteiger partial charge is 0.338 e. The first-order valence-corrected chi connectivity index (χ1v) is 11.9. The Balaban J connectivity index is 1.24. The summed E-state index contributed by atoms with van der Waals surface area (Å²) in [6, 6.07) is 3.65. The molecule has 0 radical (unpaired) electrons. The van der Waals surface area contributed by atoms with Crippen LogP contribution in [-0.2, 0) is 18.5 Å². The van der Waals surface area contributed by atoms with Gasteiger partial charge >= 0.3 is 5.97 Å². The van der Waals surface area contributed by atoms with E-state index in [1.807, 2.05) is 0 Å². The fraction of sp³-hybridized carbons (Fsp3) is 0.280. The lowest BCUT2D eigenvalue weighted by Crippen LogP contribution is -2.40. The number of aromatic amines is 2. The number of fused-ring (bicyclic) bond motifs is 2. The van der Waals surface area contributed by atoms with Gasteiger partial charge in [0.1, 0.15) is 16.9 Å². The summed E-state index contributed by atoms with van der Waals surface area (Å²) >= 11 is 0. The molecule has 1 aromatic carbocycles. The van der Waals surface area contributed by atoms with Gasteiger partial charge in [-0.15, -0.1) is 0 Å². The van der Waals surface area contributed by atoms with Gasteiger partial charge in [0.25, 0.3) is 11.8 Å². The number of nitrogens with zero attached hydrogens (tertiary/aromatic N) is 5. The van der Waals surface area contributed by atoms with E-state index >= 15 is 0 Å². The number of rotatable bonds is 5. The van der Waals surface area contributed by atoms with Gasteiger partial charge in [-0.3, -0.25) is 14.7 Å². The second-order valence-corrected chi connectivity index (χ2v) is 9.50. The molecule has 4 heterocycles. The van der Waals surface area contributed by atoms with E-state index in [2.05, 4.69) is 25.1 Å². The Labute approximate surface area is 213 Å². The second kappa shape index (κ2) is 8.43. The number of hydrogen-bond acceptors (Lipinski definition) is 6. The van der Waals surface area contributed by atoms with Crippen LogP contribution >= 0.6 is 0 Å². The van der Waals surface area contributed by atoms with Crippen molar-refractivity contribution in [2.75, 3.05) is 13.6 Å². The zero-order valence-corrected chi connectivity index (χ0v) is 20.1. The van der Waals surface area contributed by atoms with E-state index in [0.29, 0.717) is 48.4 Å². The van der Waals surface area contributed by atoms with Gasteiger partial charge in [0, 0.05) is 48.9 Å². The molecule has 0 atom stereocenters. The molecule has 0 unspecified atom stereocenters. The van der Waals surface area contributed by atoms with Gasteiger partial charge in [-0.2, -0.15) is 5.10 Å². The highest BCUT2D eigenvalue weighted by Crippen LogP contribution is 2.49. The molecule has 11 nitrogen and oxygen atoms in total. The van der Waals surface area contributed by atoms with Crippen LogP contribution in [0.25, 0.3) is 10.9 Å². The summed E-state index contributed by atoms with van der Waals surface area (Å²) in [7, 11) is 1.63. The number of aromatic nitrogens is 5. The standard InChI is InChI=1S/C25H21F2N7O4/c1-33(25(5-6-25)24-28-9-12(10-29-24)23(37)38)22(36)20-14-11-34(7-4-17(14)31-32-20)21(35)18-8-13-16(30-18)3-2-15(26)19(13)27/h2-3,8-10,30H,4-7,11H2,1H3,(H,31,32)(H,37,38). The minimum absolute atomic E-state index is 0.0137. The van der Waals surface area contributed by atoms with Crippen molar-refractivity contribution < 1.29 is 28.3 Å². The van der Waals surface area contributed by atoms with E-state index in [0.717, 1.165) is 6.07 Å². The van der Waals surface area contributed by atoms with Crippen molar-refractivity contribution in [2.24, 2.45) is 0 Å². The molecule has 2 amide bonds. The molecule has 1 fully saturated rings. The minimum Gasteiger partial charge on any atom is -0.478 e. The molecule has 3 N–H and O–H groups in total. The molecule has 0 saturated heterocycles. The Bertz CT molecular complexity index is 1620. The average molecular weight is 521 g/mol. The van der Waals surface area contributed by atoms with Crippen LogP contribution in [0.5, 0.6) is 0 Å². The maximum atomic E-state index is 14.2. The lowest BCUT2D eigenvalue weighted by molar-refractivity contribution is 0.0670. The van der Waals surface area contributed by atoms with Crippen LogP contribution in [0.15, 0.2) is 30.6 Å². The van der Waals surface area contributed by atoms with Crippen molar-refractivity contribution in [3.05, 3.63) is 76.3 Å². The molecule has 1 aliphatic heterocycles. The second-order valence-electron chi connectivity index (χ2n) is 9.50. The molecule has 38 heavy (non-hydrogen) atoms. The predicted octanol–water partition coefficient (Wildman–Crippen LogP) is 2.62. The van der Waals surface area contributed by atoms with E-state index < -0.39 is 29.0 Å². The van der Waals surface area contributed by atoms with E-state index in [1.165, 1.54) is 34.3 Å². The van der Waals surface area contributed by atoms with Crippen molar-refractivity contribution in [2.45, 2.75) is 31.3 Å². The fourth-order valence-electron chi connectivity index (χ4n) is 4.94. The summed E-state index contributed by atoms with van der Waals surface area (Å²) in [5, 5.41) is 16.2. The highest BCUT2D eigenvalue weighted by atomic mass is 19.2. The number of carboxylic acids is 1. The van der Waals surface area contributed by atoms with Gasteiger partial charge < -0.3 is 19.9 Å². The summed E-state index contributed by atoms with van der Waals surface area (Å²) in [5.41, 5.74) is 1.08. The molecule has 194 valence electrons. The summed E-state index contributed by atoms with van der Waals surface area (Å²) < 4.78 is 27.8. The van der Waals surface area contributed by atoms with Crippen LogP contribution in [0.2, 0.25) is 0 Å². The van der Waals surface area contributed by atoms with Crippen molar-refractivity contribution in [3.63, 3.8) is 0 Å². The first kappa shape index (κ1) is 23.7. The largest absolute Gasteiger partial charge is 0.478 e. The number of halogens is 2. The molecule has 1 aliphatic carbocycles. The highest BCUT2D eigenvalue weighted by molar-refractivity contribution is 5.99. The van der Waals surface area contributed by atoms with Crippen molar-refractivity contribution in [1.29, 1.82) is 0 Å².